The molecular formula is C9H9ClN4O. The standard InChI is InChI=1S/C9H9ClN4O/c1-5(11)8-13-14-9(15-8)6-2-3-12-4-7(6)10/h2-5H,11H2,1H3. The highest BCUT2D eigenvalue weighted by molar-refractivity contribution is 6.32. The van der Waals surface area contributed by atoms with Crippen LogP contribution in [0.2, 0.25) is 5.02 Å². The van der Waals surface area contributed by atoms with Gasteiger partial charge in [0.05, 0.1) is 16.6 Å². The van der Waals surface area contributed by atoms with E-state index in [4.69, 9.17) is 21.8 Å². The summed E-state index contributed by atoms with van der Waals surface area (Å²) < 4.78 is 5.35. The summed E-state index contributed by atoms with van der Waals surface area (Å²) in [4.78, 5) is 3.87. The summed E-state index contributed by atoms with van der Waals surface area (Å²) in [7, 11) is 0. The summed E-state index contributed by atoms with van der Waals surface area (Å²) >= 11 is 5.93. The first-order chi connectivity index (χ1) is 7.18. The van der Waals surface area contributed by atoms with Crippen LogP contribution < -0.4 is 5.73 Å². The van der Waals surface area contributed by atoms with Gasteiger partial charge in [0.15, 0.2) is 0 Å². The third-order valence-electron chi connectivity index (χ3n) is 1.83. The Bertz CT molecular complexity index is 469. The first kappa shape index (κ1) is 10.1. The van der Waals surface area contributed by atoms with Gasteiger partial charge in [-0.3, -0.25) is 4.98 Å². The molecule has 0 amide bonds. The van der Waals surface area contributed by atoms with Gasteiger partial charge >= 0.3 is 0 Å². The van der Waals surface area contributed by atoms with Crippen LogP contribution in [0.1, 0.15) is 18.9 Å². The van der Waals surface area contributed by atoms with Crippen LogP contribution in [0, 0.1) is 0 Å². The molecule has 15 heavy (non-hydrogen) atoms. The Hall–Kier alpha value is -1.46. The van der Waals surface area contributed by atoms with E-state index in [9.17, 15) is 0 Å². The van der Waals surface area contributed by atoms with E-state index in [1.807, 2.05) is 0 Å². The zero-order valence-corrected chi connectivity index (χ0v) is 8.77. The molecule has 0 radical (unpaired) electrons. The van der Waals surface area contributed by atoms with E-state index in [0.29, 0.717) is 22.4 Å². The number of hydrogen-bond donors (Lipinski definition) is 1. The molecule has 0 fully saturated rings. The molecule has 1 unspecified atom stereocenters. The molecular weight excluding hydrogens is 216 g/mol. The van der Waals surface area contributed by atoms with Crippen molar-refractivity contribution in [1.82, 2.24) is 15.2 Å². The fraction of sp³-hybridized carbons (Fsp3) is 0.222. The number of hydrogen-bond acceptors (Lipinski definition) is 5. The zero-order valence-electron chi connectivity index (χ0n) is 8.01. The van der Waals surface area contributed by atoms with Crippen LogP contribution in [0.3, 0.4) is 0 Å². The Morgan fingerprint density at radius 2 is 2.27 bits per heavy atom. The maximum Gasteiger partial charge on any atom is 0.249 e. The highest BCUT2D eigenvalue weighted by Gasteiger charge is 2.13. The molecule has 2 aromatic heterocycles. The number of nitrogens with zero attached hydrogens (tertiary/aromatic N) is 3. The van der Waals surface area contributed by atoms with Crippen molar-refractivity contribution in [2.45, 2.75) is 13.0 Å². The number of aromatic nitrogens is 3. The highest BCUT2D eigenvalue weighted by atomic mass is 35.5. The van der Waals surface area contributed by atoms with Crippen LogP contribution in [0.4, 0.5) is 0 Å². The molecule has 2 N–H and O–H groups in total. The first-order valence-corrected chi connectivity index (χ1v) is 4.75. The van der Waals surface area contributed by atoms with Gasteiger partial charge in [0.25, 0.3) is 0 Å². The van der Waals surface area contributed by atoms with Crippen molar-refractivity contribution in [3.63, 3.8) is 0 Å². The van der Waals surface area contributed by atoms with Gasteiger partial charge in [0.2, 0.25) is 11.8 Å². The Morgan fingerprint density at radius 1 is 1.47 bits per heavy atom. The SMILES string of the molecule is CC(N)c1nnc(-c2ccncc2Cl)o1. The maximum atomic E-state index is 5.93. The Kier molecular flexibility index (Phi) is 2.66. The largest absolute Gasteiger partial charge is 0.419 e. The van der Waals surface area contributed by atoms with Crippen molar-refractivity contribution >= 4 is 11.6 Å². The lowest BCUT2D eigenvalue weighted by Gasteiger charge is -1.97. The second-order valence-corrected chi connectivity index (χ2v) is 3.50. The molecule has 2 heterocycles. The van der Waals surface area contributed by atoms with Crippen molar-refractivity contribution in [3.05, 3.63) is 29.4 Å². The van der Waals surface area contributed by atoms with Crippen molar-refractivity contribution in [2.75, 3.05) is 0 Å². The lowest BCUT2D eigenvalue weighted by atomic mass is 10.3. The molecule has 0 aromatic carbocycles. The molecule has 0 aliphatic rings. The quantitative estimate of drug-likeness (QED) is 0.842. The van der Waals surface area contributed by atoms with Gasteiger partial charge in [-0.25, -0.2) is 0 Å². The van der Waals surface area contributed by atoms with Crippen molar-refractivity contribution in [1.29, 1.82) is 0 Å². The Morgan fingerprint density at radius 3 is 2.87 bits per heavy atom. The van der Waals surface area contributed by atoms with Crippen LogP contribution in [0.5, 0.6) is 0 Å². The molecule has 6 heteroatoms. The maximum absolute atomic E-state index is 5.93. The third-order valence-corrected chi connectivity index (χ3v) is 2.13. The fourth-order valence-corrected chi connectivity index (χ4v) is 1.28. The third kappa shape index (κ3) is 1.98. The smallest absolute Gasteiger partial charge is 0.249 e. The van der Waals surface area contributed by atoms with Gasteiger partial charge in [0, 0.05) is 12.4 Å². The molecule has 0 aliphatic carbocycles. The summed E-state index contributed by atoms with van der Waals surface area (Å²) in [5.74, 6) is 0.743. The molecule has 2 rings (SSSR count). The van der Waals surface area contributed by atoms with Gasteiger partial charge in [-0.15, -0.1) is 10.2 Å². The first-order valence-electron chi connectivity index (χ1n) is 4.37. The van der Waals surface area contributed by atoms with Gasteiger partial charge in [-0.1, -0.05) is 11.6 Å². The van der Waals surface area contributed by atoms with E-state index in [0.717, 1.165) is 0 Å². The minimum absolute atomic E-state index is 0.285. The van der Waals surface area contributed by atoms with Gasteiger partial charge in [-0.05, 0) is 13.0 Å². The number of pyridine rings is 1. The molecule has 5 nitrogen and oxygen atoms in total. The van der Waals surface area contributed by atoms with E-state index in [2.05, 4.69) is 15.2 Å². The predicted molar refractivity (Wildman–Crippen MR) is 55.1 cm³/mol. The van der Waals surface area contributed by atoms with E-state index < -0.39 is 0 Å². The minimum Gasteiger partial charge on any atom is -0.419 e. The zero-order chi connectivity index (χ0) is 10.8. The fourth-order valence-electron chi connectivity index (χ4n) is 1.08. The molecule has 1 atom stereocenters. The van der Waals surface area contributed by atoms with E-state index in [-0.39, 0.29) is 6.04 Å². The molecule has 0 saturated carbocycles. The van der Waals surface area contributed by atoms with E-state index >= 15 is 0 Å². The summed E-state index contributed by atoms with van der Waals surface area (Å²) in [6.45, 7) is 1.77. The molecule has 2 aromatic rings. The molecule has 0 bridgehead atoms. The molecule has 0 spiro atoms. The monoisotopic (exact) mass is 224 g/mol. The predicted octanol–water partition coefficient (Wildman–Crippen LogP) is 1.80. The second-order valence-electron chi connectivity index (χ2n) is 3.09. The minimum atomic E-state index is -0.285. The molecule has 0 saturated heterocycles. The topological polar surface area (TPSA) is 77.8 Å². The average Bonchev–Trinajstić information content (AvgIpc) is 2.67. The number of halogens is 1. The summed E-state index contributed by atoms with van der Waals surface area (Å²) in [6.07, 6.45) is 3.13. The normalized spacial score (nSPS) is 12.7. The highest BCUT2D eigenvalue weighted by Crippen LogP contribution is 2.26. The summed E-state index contributed by atoms with van der Waals surface area (Å²) in [5, 5.41) is 8.14. The molecule has 0 aliphatic heterocycles. The summed E-state index contributed by atoms with van der Waals surface area (Å²) in [5.41, 5.74) is 6.26. The van der Waals surface area contributed by atoms with Crippen LogP contribution in [-0.4, -0.2) is 15.2 Å². The average molecular weight is 225 g/mol. The lowest BCUT2D eigenvalue weighted by Crippen LogP contribution is -2.04. The van der Waals surface area contributed by atoms with Crippen molar-refractivity contribution in [3.8, 4) is 11.5 Å². The van der Waals surface area contributed by atoms with Gasteiger partial charge in [-0.2, -0.15) is 0 Å². The second kappa shape index (κ2) is 3.96. The molecule has 78 valence electrons. The van der Waals surface area contributed by atoms with Crippen molar-refractivity contribution < 1.29 is 4.42 Å². The number of rotatable bonds is 2. The number of nitrogens with two attached hydrogens (primary N) is 1. The van der Waals surface area contributed by atoms with Crippen LogP contribution >= 0.6 is 11.6 Å². The lowest BCUT2D eigenvalue weighted by molar-refractivity contribution is 0.473. The van der Waals surface area contributed by atoms with Crippen LogP contribution in [0.15, 0.2) is 22.9 Å². The van der Waals surface area contributed by atoms with Crippen LogP contribution in [0.25, 0.3) is 11.5 Å². The summed E-state index contributed by atoms with van der Waals surface area (Å²) in [6, 6.07) is 1.42. The van der Waals surface area contributed by atoms with E-state index in [1.54, 1.807) is 19.2 Å². The van der Waals surface area contributed by atoms with Crippen LogP contribution in [-0.2, 0) is 0 Å². The van der Waals surface area contributed by atoms with E-state index in [1.165, 1.54) is 6.20 Å². The van der Waals surface area contributed by atoms with Crippen molar-refractivity contribution in [2.24, 2.45) is 5.73 Å². The van der Waals surface area contributed by atoms with Gasteiger partial charge < -0.3 is 10.2 Å². The van der Waals surface area contributed by atoms with Gasteiger partial charge in [0.1, 0.15) is 0 Å². The Labute approximate surface area is 91.3 Å². The Balaban J connectivity index is 2.42.